The minimum absolute atomic E-state index is 0.215. The number of rotatable bonds is 6. The zero-order valence-electron chi connectivity index (χ0n) is 12.5. The van der Waals surface area contributed by atoms with Gasteiger partial charge in [0.1, 0.15) is 0 Å². The molecule has 0 aliphatic heterocycles. The molecule has 0 spiro atoms. The maximum Gasteiger partial charge on any atom is 0.165 e. The van der Waals surface area contributed by atoms with Crippen molar-refractivity contribution in [1.82, 2.24) is 5.32 Å². The van der Waals surface area contributed by atoms with Gasteiger partial charge < -0.3 is 10.1 Å². The first-order chi connectivity index (χ1) is 9.65. The van der Waals surface area contributed by atoms with Crippen LogP contribution in [0.1, 0.15) is 44.7 Å². The second-order valence-electron chi connectivity index (χ2n) is 5.31. The summed E-state index contributed by atoms with van der Waals surface area (Å²) in [6, 6.07) is 5.90. The SMILES string of the molecule is CCSC1CCCC1NC(C)c1ccc(F)c(OC)c1. The van der Waals surface area contributed by atoms with E-state index in [1.165, 1.54) is 38.2 Å². The largest absolute Gasteiger partial charge is 0.494 e. The molecule has 1 saturated carbocycles. The third-order valence-electron chi connectivity index (χ3n) is 3.97. The molecule has 1 aromatic carbocycles. The molecule has 112 valence electrons. The Balaban J connectivity index is 2.02. The lowest BCUT2D eigenvalue weighted by Crippen LogP contribution is -2.36. The highest BCUT2D eigenvalue weighted by molar-refractivity contribution is 7.99. The maximum absolute atomic E-state index is 13.5. The molecule has 0 aromatic heterocycles. The third-order valence-corrected chi connectivity index (χ3v) is 5.30. The Bertz CT molecular complexity index is 440. The van der Waals surface area contributed by atoms with Gasteiger partial charge in [-0.25, -0.2) is 4.39 Å². The molecular formula is C16H24FNOS. The second-order valence-corrected chi connectivity index (χ2v) is 6.83. The molecule has 0 saturated heterocycles. The summed E-state index contributed by atoms with van der Waals surface area (Å²) in [5.74, 6) is 1.19. The Morgan fingerprint density at radius 3 is 2.95 bits per heavy atom. The summed E-state index contributed by atoms with van der Waals surface area (Å²) in [5, 5.41) is 4.41. The quantitative estimate of drug-likeness (QED) is 0.852. The van der Waals surface area contributed by atoms with Crippen molar-refractivity contribution in [3.8, 4) is 5.75 Å². The fourth-order valence-electron chi connectivity index (χ4n) is 2.89. The number of methoxy groups -OCH3 is 1. The molecule has 1 aromatic rings. The van der Waals surface area contributed by atoms with Gasteiger partial charge in [0.2, 0.25) is 0 Å². The highest BCUT2D eigenvalue weighted by Crippen LogP contribution is 2.32. The van der Waals surface area contributed by atoms with Gasteiger partial charge in [-0.1, -0.05) is 19.4 Å². The summed E-state index contributed by atoms with van der Waals surface area (Å²) in [6.45, 7) is 4.35. The van der Waals surface area contributed by atoms with Gasteiger partial charge in [0.05, 0.1) is 7.11 Å². The van der Waals surface area contributed by atoms with Gasteiger partial charge in [-0.2, -0.15) is 11.8 Å². The molecule has 1 aliphatic carbocycles. The summed E-state index contributed by atoms with van der Waals surface area (Å²) in [5.41, 5.74) is 1.08. The number of hydrogen-bond acceptors (Lipinski definition) is 3. The highest BCUT2D eigenvalue weighted by Gasteiger charge is 2.28. The van der Waals surface area contributed by atoms with Gasteiger partial charge in [-0.05, 0) is 43.2 Å². The zero-order chi connectivity index (χ0) is 14.5. The smallest absolute Gasteiger partial charge is 0.165 e. The molecule has 1 aliphatic rings. The average molecular weight is 297 g/mol. The van der Waals surface area contributed by atoms with Crippen LogP contribution in [0.15, 0.2) is 18.2 Å². The van der Waals surface area contributed by atoms with E-state index in [0.29, 0.717) is 17.0 Å². The normalized spacial score (nSPS) is 23.8. The average Bonchev–Trinajstić information content (AvgIpc) is 2.87. The van der Waals surface area contributed by atoms with E-state index in [9.17, 15) is 4.39 Å². The minimum atomic E-state index is -0.302. The van der Waals surface area contributed by atoms with Gasteiger partial charge >= 0.3 is 0 Å². The lowest BCUT2D eigenvalue weighted by Gasteiger charge is -2.25. The first-order valence-corrected chi connectivity index (χ1v) is 8.41. The molecule has 3 atom stereocenters. The summed E-state index contributed by atoms with van der Waals surface area (Å²) in [6.07, 6.45) is 3.84. The van der Waals surface area contributed by atoms with Crippen molar-refractivity contribution >= 4 is 11.8 Å². The lowest BCUT2D eigenvalue weighted by molar-refractivity contribution is 0.384. The molecule has 1 N–H and O–H groups in total. The van der Waals surface area contributed by atoms with Crippen LogP contribution in [0.2, 0.25) is 0 Å². The van der Waals surface area contributed by atoms with Crippen molar-refractivity contribution in [2.24, 2.45) is 0 Å². The fourth-order valence-corrected chi connectivity index (χ4v) is 4.10. The van der Waals surface area contributed by atoms with E-state index in [4.69, 9.17) is 4.74 Å². The van der Waals surface area contributed by atoms with Crippen molar-refractivity contribution in [2.45, 2.75) is 50.4 Å². The first kappa shape index (κ1) is 15.6. The van der Waals surface area contributed by atoms with Gasteiger partial charge in [-0.15, -0.1) is 0 Å². The highest BCUT2D eigenvalue weighted by atomic mass is 32.2. The molecule has 2 nitrogen and oxygen atoms in total. The predicted octanol–water partition coefficient (Wildman–Crippen LogP) is 4.16. The van der Waals surface area contributed by atoms with Gasteiger partial charge in [-0.3, -0.25) is 0 Å². The molecule has 0 radical (unpaired) electrons. The van der Waals surface area contributed by atoms with E-state index < -0.39 is 0 Å². The number of nitrogens with one attached hydrogen (secondary N) is 1. The molecule has 20 heavy (non-hydrogen) atoms. The van der Waals surface area contributed by atoms with Gasteiger partial charge in [0.15, 0.2) is 11.6 Å². The van der Waals surface area contributed by atoms with Crippen LogP contribution in [-0.4, -0.2) is 24.2 Å². The van der Waals surface area contributed by atoms with Crippen LogP contribution in [0.25, 0.3) is 0 Å². The van der Waals surface area contributed by atoms with E-state index in [2.05, 4.69) is 19.2 Å². The second kappa shape index (κ2) is 7.32. The van der Waals surface area contributed by atoms with E-state index in [1.807, 2.05) is 17.8 Å². The monoisotopic (exact) mass is 297 g/mol. The number of ether oxygens (including phenoxy) is 1. The first-order valence-electron chi connectivity index (χ1n) is 7.36. The van der Waals surface area contributed by atoms with Crippen molar-refractivity contribution in [2.75, 3.05) is 12.9 Å². The van der Waals surface area contributed by atoms with Crippen molar-refractivity contribution in [3.05, 3.63) is 29.6 Å². The number of thioether (sulfide) groups is 1. The van der Waals surface area contributed by atoms with E-state index in [0.717, 1.165) is 5.56 Å². The van der Waals surface area contributed by atoms with Crippen molar-refractivity contribution < 1.29 is 9.13 Å². The molecule has 0 bridgehead atoms. The zero-order valence-corrected chi connectivity index (χ0v) is 13.3. The van der Waals surface area contributed by atoms with Crippen LogP contribution >= 0.6 is 11.8 Å². The molecule has 3 unspecified atom stereocenters. The molecule has 2 rings (SSSR count). The Labute approximate surface area is 125 Å². The molecule has 0 heterocycles. The van der Waals surface area contributed by atoms with Crippen LogP contribution in [0.4, 0.5) is 4.39 Å². The topological polar surface area (TPSA) is 21.3 Å². The van der Waals surface area contributed by atoms with Crippen LogP contribution in [0.5, 0.6) is 5.75 Å². The van der Waals surface area contributed by atoms with E-state index >= 15 is 0 Å². The Hall–Kier alpha value is -0.740. The lowest BCUT2D eigenvalue weighted by atomic mass is 10.1. The van der Waals surface area contributed by atoms with Crippen LogP contribution < -0.4 is 10.1 Å². The van der Waals surface area contributed by atoms with Crippen LogP contribution in [0.3, 0.4) is 0 Å². The maximum atomic E-state index is 13.5. The van der Waals surface area contributed by atoms with E-state index in [-0.39, 0.29) is 11.9 Å². The number of hydrogen-bond donors (Lipinski definition) is 1. The van der Waals surface area contributed by atoms with Crippen LogP contribution in [-0.2, 0) is 0 Å². The standard InChI is InChI=1S/C16H24FNOS/c1-4-20-16-7-5-6-14(16)18-11(2)12-8-9-13(17)15(10-12)19-3/h8-11,14,16,18H,4-7H2,1-3H3. The minimum Gasteiger partial charge on any atom is -0.494 e. The summed E-state index contributed by atoms with van der Waals surface area (Å²) in [4.78, 5) is 0. The summed E-state index contributed by atoms with van der Waals surface area (Å²) >= 11 is 2.05. The number of benzene rings is 1. The van der Waals surface area contributed by atoms with Gasteiger partial charge in [0, 0.05) is 17.3 Å². The fraction of sp³-hybridized carbons (Fsp3) is 0.625. The summed E-state index contributed by atoms with van der Waals surface area (Å²) in [7, 11) is 1.51. The third kappa shape index (κ3) is 3.67. The molecule has 4 heteroatoms. The Kier molecular flexibility index (Phi) is 5.73. The van der Waals surface area contributed by atoms with Crippen molar-refractivity contribution in [1.29, 1.82) is 0 Å². The Morgan fingerprint density at radius 2 is 2.25 bits per heavy atom. The summed E-state index contributed by atoms with van der Waals surface area (Å²) < 4.78 is 18.5. The molecule has 0 amide bonds. The number of halogens is 1. The predicted molar refractivity (Wildman–Crippen MR) is 84.1 cm³/mol. The molecule has 1 fully saturated rings. The van der Waals surface area contributed by atoms with Gasteiger partial charge in [0.25, 0.3) is 0 Å². The van der Waals surface area contributed by atoms with Crippen LogP contribution in [0, 0.1) is 5.82 Å². The van der Waals surface area contributed by atoms with E-state index in [1.54, 1.807) is 6.07 Å². The van der Waals surface area contributed by atoms with Crippen molar-refractivity contribution in [3.63, 3.8) is 0 Å². The molecular weight excluding hydrogens is 273 g/mol. The Morgan fingerprint density at radius 1 is 1.45 bits per heavy atom.